The summed E-state index contributed by atoms with van der Waals surface area (Å²) in [5, 5.41) is 10.8. The van der Waals surface area contributed by atoms with Gasteiger partial charge in [0.2, 0.25) is 5.15 Å². The lowest BCUT2D eigenvalue weighted by molar-refractivity contribution is -0.384. The first kappa shape index (κ1) is 10.6. The maximum absolute atomic E-state index is 10.7. The number of pyridine rings is 1. The van der Waals surface area contributed by atoms with Crippen LogP contribution in [0.5, 0.6) is 0 Å². The van der Waals surface area contributed by atoms with Crippen LogP contribution in [0.4, 0.5) is 5.69 Å². The molecule has 0 bridgehead atoms. The predicted molar refractivity (Wildman–Crippen MR) is 57.6 cm³/mol. The minimum Gasteiger partial charge on any atom is -0.258 e. The average molecular weight is 247 g/mol. The second-order valence-corrected chi connectivity index (χ2v) is 4.19. The summed E-state index contributed by atoms with van der Waals surface area (Å²) in [6.07, 6.45) is 3.57. The molecule has 1 aliphatic carbocycles. The third-order valence-corrected chi connectivity index (χ3v) is 3.19. The molecule has 2 rings (SSSR count). The van der Waals surface area contributed by atoms with E-state index in [2.05, 4.69) is 4.98 Å². The molecule has 1 aromatic rings. The average Bonchev–Trinajstić information content (AvgIpc) is 2.17. The highest BCUT2D eigenvalue weighted by molar-refractivity contribution is 6.38. The molecule has 80 valence electrons. The maximum atomic E-state index is 10.7. The number of aryl methyl sites for hydroxylation is 1. The molecule has 0 radical (unpaired) electrons. The maximum Gasteiger partial charge on any atom is 0.325 e. The second kappa shape index (κ2) is 3.94. The molecule has 0 fully saturated rings. The Labute approximate surface area is 96.4 Å². The monoisotopic (exact) mass is 246 g/mol. The number of hydrogen-bond acceptors (Lipinski definition) is 3. The molecule has 1 aliphatic rings. The van der Waals surface area contributed by atoms with Gasteiger partial charge in [-0.3, -0.25) is 10.1 Å². The zero-order chi connectivity index (χ0) is 11.0. The predicted octanol–water partition coefficient (Wildman–Crippen LogP) is 3.18. The van der Waals surface area contributed by atoms with Crippen molar-refractivity contribution >= 4 is 28.9 Å². The molecule has 0 spiro atoms. The van der Waals surface area contributed by atoms with Crippen LogP contribution in [0.15, 0.2) is 0 Å². The first-order valence-corrected chi connectivity index (χ1v) is 5.38. The number of halogens is 2. The Morgan fingerprint density at radius 3 is 2.60 bits per heavy atom. The number of nitro groups is 1. The van der Waals surface area contributed by atoms with Gasteiger partial charge >= 0.3 is 5.69 Å². The van der Waals surface area contributed by atoms with Gasteiger partial charge in [0.05, 0.1) is 4.92 Å². The highest BCUT2D eigenvalue weighted by Gasteiger charge is 2.26. The van der Waals surface area contributed by atoms with Gasteiger partial charge in [-0.05, 0) is 31.2 Å². The summed E-state index contributed by atoms with van der Waals surface area (Å²) in [5.74, 6) is 0. The molecule has 0 saturated heterocycles. The Morgan fingerprint density at radius 2 is 1.93 bits per heavy atom. The number of hydrogen-bond donors (Lipinski definition) is 0. The van der Waals surface area contributed by atoms with Crippen molar-refractivity contribution in [1.29, 1.82) is 0 Å². The van der Waals surface area contributed by atoms with Gasteiger partial charge in [-0.15, -0.1) is 0 Å². The third-order valence-electron chi connectivity index (χ3n) is 2.52. The van der Waals surface area contributed by atoms with Gasteiger partial charge in [0.15, 0.2) is 0 Å². The fourth-order valence-corrected chi connectivity index (χ4v) is 2.49. The van der Waals surface area contributed by atoms with Crippen LogP contribution >= 0.6 is 23.2 Å². The molecule has 0 saturated carbocycles. The zero-order valence-electron chi connectivity index (χ0n) is 7.80. The van der Waals surface area contributed by atoms with E-state index in [-0.39, 0.29) is 15.9 Å². The molecule has 15 heavy (non-hydrogen) atoms. The molecule has 0 unspecified atom stereocenters. The molecule has 0 amide bonds. The molecule has 6 heteroatoms. The molecule has 0 atom stereocenters. The largest absolute Gasteiger partial charge is 0.325 e. The lowest BCUT2D eigenvalue weighted by Gasteiger charge is -2.15. The topological polar surface area (TPSA) is 56.0 Å². The van der Waals surface area contributed by atoms with Gasteiger partial charge in [0, 0.05) is 5.69 Å². The van der Waals surface area contributed by atoms with Crippen molar-refractivity contribution < 1.29 is 4.92 Å². The summed E-state index contributed by atoms with van der Waals surface area (Å²) in [6.45, 7) is 0. The van der Waals surface area contributed by atoms with Crippen LogP contribution in [-0.2, 0) is 12.8 Å². The lowest BCUT2D eigenvalue weighted by Crippen LogP contribution is -2.08. The standard InChI is InChI=1S/C9H8Cl2N2O2/c10-7-5-3-1-2-4-6(5)12-9(11)8(7)13(14)15/h1-4H2. The van der Waals surface area contributed by atoms with Gasteiger partial charge in [0.1, 0.15) is 5.02 Å². The first-order valence-electron chi connectivity index (χ1n) is 4.62. The summed E-state index contributed by atoms with van der Waals surface area (Å²) in [5.41, 5.74) is 1.33. The SMILES string of the molecule is O=[N+]([O-])c1c(Cl)nc2c(c1Cl)CCCC2. The van der Waals surface area contributed by atoms with Crippen LogP contribution in [0.1, 0.15) is 24.1 Å². The molecule has 1 heterocycles. The van der Waals surface area contributed by atoms with Crippen molar-refractivity contribution in [2.75, 3.05) is 0 Å². The quantitative estimate of drug-likeness (QED) is 0.435. The fourth-order valence-electron chi connectivity index (χ4n) is 1.81. The highest BCUT2D eigenvalue weighted by atomic mass is 35.5. The minimum absolute atomic E-state index is 0.106. The van der Waals surface area contributed by atoms with Gasteiger partial charge in [-0.1, -0.05) is 23.2 Å². The summed E-state index contributed by atoms with van der Waals surface area (Å²) in [6, 6.07) is 0. The van der Waals surface area contributed by atoms with Crippen molar-refractivity contribution in [3.63, 3.8) is 0 Å². The lowest BCUT2D eigenvalue weighted by atomic mass is 9.96. The Bertz CT molecular complexity index is 435. The second-order valence-electron chi connectivity index (χ2n) is 3.45. The van der Waals surface area contributed by atoms with Crippen molar-refractivity contribution in [2.24, 2.45) is 0 Å². The molecular weight excluding hydrogens is 239 g/mol. The molecule has 0 aliphatic heterocycles. The first-order chi connectivity index (χ1) is 7.11. The van der Waals surface area contributed by atoms with E-state index in [4.69, 9.17) is 23.2 Å². The Morgan fingerprint density at radius 1 is 1.27 bits per heavy atom. The van der Waals surface area contributed by atoms with Crippen LogP contribution < -0.4 is 0 Å². The van der Waals surface area contributed by atoms with E-state index in [0.717, 1.165) is 36.9 Å². The molecule has 4 nitrogen and oxygen atoms in total. The van der Waals surface area contributed by atoms with E-state index in [0.29, 0.717) is 0 Å². The van der Waals surface area contributed by atoms with Crippen molar-refractivity contribution in [3.8, 4) is 0 Å². The summed E-state index contributed by atoms with van der Waals surface area (Å²) in [7, 11) is 0. The van der Waals surface area contributed by atoms with E-state index < -0.39 is 4.92 Å². The molecule has 0 aromatic carbocycles. The van der Waals surface area contributed by atoms with Crippen molar-refractivity contribution in [3.05, 3.63) is 31.5 Å². The van der Waals surface area contributed by atoms with E-state index in [1.807, 2.05) is 0 Å². The Hall–Kier alpha value is -0.870. The van der Waals surface area contributed by atoms with Gasteiger partial charge in [-0.2, -0.15) is 0 Å². The van der Waals surface area contributed by atoms with Crippen LogP contribution in [0.25, 0.3) is 0 Å². The van der Waals surface area contributed by atoms with Gasteiger partial charge in [-0.25, -0.2) is 4.98 Å². The zero-order valence-corrected chi connectivity index (χ0v) is 9.31. The number of aromatic nitrogens is 1. The molecule has 0 N–H and O–H groups in total. The van der Waals surface area contributed by atoms with Gasteiger partial charge in [0.25, 0.3) is 0 Å². The Kier molecular flexibility index (Phi) is 2.80. The van der Waals surface area contributed by atoms with E-state index in [1.165, 1.54) is 0 Å². The van der Waals surface area contributed by atoms with Crippen LogP contribution in [0, 0.1) is 10.1 Å². The number of nitrogens with zero attached hydrogens (tertiary/aromatic N) is 2. The van der Waals surface area contributed by atoms with E-state index >= 15 is 0 Å². The summed E-state index contributed by atoms with van der Waals surface area (Å²) >= 11 is 11.7. The smallest absolute Gasteiger partial charge is 0.258 e. The van der Waals surface area contributed by atoms with E-state index in [1.54, 1.807) is 0 Å². The van der Waals surface area contributed by atoms with Crippen LogP contribution in [0.2, 0.25) is 10.2 Å². The van der Waals surface area contributed by atoms with Crippen molar-refractivity contribution in [2.45, 2.75) is 25.7 Å². The number of rotatable bonds is 1. The van der Waals surface area contributed by atoms with Crippen LogP contribution in [-0.4, -0.2) is 9.91 Å². The minimum atomic E-state index is -0.577. The number of fused-ring (bicyclic) bond motifs is 1. The summed E-state index contributed by atoms with van der Waals surface area (Å²) < 4.78 is 0. The Balaban J connectivity index is 2.64. The summed E-state index contributed by atoms with van der Waals surface area (Å²) in [4.78, 5) is 14.2. The normalized spacial score (nSPS) is 14.8. The van der Waals surface area contributed by atoms with Gasteiger partial charge < -0.3 is 0 Å². The van der Waals surface area contributed by atoms with Crippen molar-refractivity contribution in [1.82, 2.24) is 4.98 Å². The molecular formula is C9H8Cl2N2O2. The molecule has 1 aromatic heterocycles. The van der Waals surface area contributed by atoms with Crippen LogP contribution in [0.3, 0.4) is 0 Å². The van der Waals surface area contributed by atoms with E-state index in [9.17, 15) is 10.1 Å². The highest BCUT2D eigenvalue weighted by Crippen LogP contribution is 2.37. The third kappa shape index (κ3) is 1.79. The fraction of sp³-hybridized carbons (Fsp3) is 0.444.